The van der Waals surface area contributed by atoms with E-state index in [1.54, 1.807) is 6.26 Å². The number of hydrogen-bond donors (Lipinski definition) is 0. The van der Waals surface area contributed by atoms with E-state index in [0.29, 0.717) is 0 Å². The highest BCUT2D eigenvalue weighted by atomic mass is 16.3. The molecule has 0 amide bonds. The smallest absolute Gasteiger partial charge is 0.161 e. The summed E-state index contributed by atoms with van der Waals surface area (Å²) in [5.41, 5.74) is 2.70. The number of pyridine rings is 1. The van der Waals surface area contributed by atoms with Crippen LogP contribution in [0, 0.1) is 0 Å². The van der Waals surface area contributed by atoms with Gasteiger partial charge in [0, 0.05) is 11.5 Å². The van der Waals surface area contributed by atoms with Gasteiger partial charge < -0.3 is 4.42 Å². The maximum atomic E-state index is 5.39. The summed E-state index contributed by atoms with van der Waals surface area (Å²) >= 11 is 0. The molecular weight excluding hydrogens is 202 g/mol. The first-order chi connectivity index (χ1) is 7.57. The van der Waals surface area contributed by atoms with Gasteiger partial charge in [-0.25, -0.2) is 0 Å². The molecule has 16 heavy (non-hydrogen) atoms. The molecule has 0 atom stereocenters. The van der Waals surface area contributed by atoms with Gasteiger partial charge in [0.05, 0.1) is 11.8 Å². The topological polar surface area (TPSA) is 43.3 Å². The Morgan fingerprint density at radius 1 is 1.12 bits per heavy atom. The highest BCUT2D eigenvalue weighted by Gasteiger charge is 2.22. The third kappa shape index (κ3) is 1.16. The van der Waals surface area contributed by atoms with Gasteiger partial charge in [0.1, 0.15) is 5.82 Å². The molecule has 0 spiro atoms. The van der Waals surface area contributed by atoms with Crippen LogP contribution >= 0.6 is 0 Å². The van der Waals surface area contributed by atoms with Gasteiger partial charge in [-0.15, -0.1) is 10.2 Å². The van der Waals surface area contributed by atoms with E-state index in [1.165, 1.54) is 0 Å². The van der Waals surface area contributed by atoms with Gasteiger partial charge in [0.2, 0.25) is 0 Å². The molecule has 0 aliphatic rings. The van der Waals surface area contributed by atoms with E-state index in [1.807, 2.05) is 18.2 Å². The van der Waals surface area contributed by atoms with Crippen molar-refractivity contribution in [3.05, 3.63) is 30.3 Å². The van der Waals surface area contributed by atoms with Gasteiger partial charge in [-0.05, 0) is 12.1 Å². The summed E-state index contributed by atoms with van der Waals surface area (Å²) in [6.45, 7) is 6.38. The molecule has 0 radical (unpaired) electrons. The van der Waals surface area contributed by atoms with Gasteiger partial charge >= 0.3 is 0 Å². The lowest BCUT2D eigenvalue weighted by Gasteiger charge is -2.15. The zero-order chi connectivity index (χ0) is 11.3. The van der Waals surface area contributed by atoms with Crippen molar-refractivity contribution in [3.8, 4) is 0 Å². The molecule has 0 aromatic carbocycles. The van der Waals surface area contributed by atoms with Crippen molar-refractivity contribution in [2.24, 2.45) is 0 Å². The summed E-state index contributed by atoms with van der Waals surface area (Å²) in [5, 5.41) is 8.45. The van der Waals surface area contributed by atoms with Crippen LogP contribution in [-0.2, 0) is 5.41 Å². The van der Waals surface area contributed by atoms with Crippen LogP contribution in [0.25, 0.3) is 16.7 Å². The van der Waals surface area contributed by atoms with E-state index in [9.17, 15) is 0 Å². The molecule has 0 saturated carbocycles. The van der Waals surface area contributed by atoms with Crippen LogP contribution in [0.2, 0.25) is 0 Å². The quantitative estimate of drug-likeness (QED) is 0.579. The number of nitrogens with zero attached hydrogens (tertiary/aromatic N) is 3. The Morgan fingerprint density at radius 3 is 2.69 bits per heavy atom. The van der Waals surface area contributed by atoms with Crippen LogP contribution in [0.15, 0.2) is 28.9 Å². The van der Waals surface area contributed by atoms with Crippen LogP contribution in [0.5, 0.6) is 0 Å². The molecule has 3 heterocycles. The first-order valence-electron chi connectivity index (χ1n) is 5.29. The zero-order valence-corrected chi connectivity index (χ0v) is 9.56. The Hall–Kier alpha value is -1.84. The number of hydrogen-bond acceptors (Lipinski definition) is 3. The van der Waals surface area contributed by atoms with E-state index < -0.39 is 0 Å². The average Bonchev–Trinajstić information content (AvgIpc) is 2.81. The standard InChI is InChI=1S/C12H13N3O/c1-12(2,3)11-14-13-10-5-4-9-8(15(10)11)6-7-16-9/h4-7H,1-3H3. The van der Waals surface area contributed by atoms with Crippen molar-refractivity contribution in [2.45, 2.75) is 26.2 Å². The Labute approximate surface area is 92.9 Å². The van der Waals surface area contributed by atoms with Crippen molar-refractivity contribution in [3.63, 3.8) is 0 Å². The second-order valence-corrected chi connectivity index (χ2v) is 4.97. The first-order valence-corrected chi connectivity index (χ1v) is 5.29. The number of rotatable bonds is 0. The van der Waals surface area contributed by atoms with Gasteiger partial charge in [-0.2, -0.15) is 0 Å². The van der Waals surface area contributed by atoms with Crippen molar-refractivity contribution in [1.82, 2.24) is 14.6 Å². The summed E-state index contributed by atoms with van der Waals surface area (Å²) < 4.78 is 7.44. The molecule has 3 aromatic rings. The second-order valence-electron chi connectivity index (χ2n) is 4.97. The average molecular weight is 215 g/mol. The van der Waals surface area contributed by atoms with Crippen LogP contribution in [-0.4, -0.2) is 14.6 Å². The predicted octanol–water partition coefficient (Wildman–Crippen LogP) is 2.77. The highest BCUT2D eigenvalue weighted by molar-refractivity contribution is 5.76. The van der Waals surface area contributed by atoms with Crippen LogP contribution < -0.4 is 0 Å². The largest absolute Gasteiger partial charge is 0.463 e. The normalized spacial score (nSPS) is 12.7. The monoisotopic (exact) mass is 215 g/mol. The van der Waals surface area contributed by atoms with E-state index in [-0.39, 0.29) is 5.41 Å². The number of fused-ring (bicyclic) bond motifs is 3. The minimum atomic E-state index is -0.0367. The van der Waals surface area contributed by atoms with E-state index in [0.717, 1.165) is 22.6 Å². The first kappa shape index (κ1) is 9.39. The Kier molecular flexibility index (Phi) is 1.67. The molecule has 0 aliphatic carbocycles. The van der Waals surface area contributed by atoms with Crippen LogP contribution in [0.3, 0.4) is 0 Å². The molecule has 0 aliphatic heterocycles. The predicted molar refractivity (Wildman–Crippen MR) is 61.5 cm³/mol. The van der Waals surface area contributed by atoms with Crippen LogP contribution in [0.1, 0.15) is 26.6 Å². The lowest BCUT2D eigenvalue weighted by molar-refractivity contribution is 0.541. The number of furan rings is 1. The Balaban J connectivity index is 2.51. The summed E-state index contributed by atoms with van der Waals surface area (Å²) in [7, 11) is 0. The summed E-state index contributed by atoms with van der Waals surface area (Å²) in [6.07, 6.45) is 1.69. The summed E-state index contributed by atoms with van der Waals surface area (Å²) in [5.74, 6) is 0.953. The zero-order valence-electron chi connectivity index (χ0n) is 9.56. The van der Waals surface area contributed by atoms with Gasteiger partial charge in [0.15, 0.2) is 11.2 Å². The highest BCUT2D eigenvalue weighted by Crippen LogP contribution is 2.25. The van der Waals surface area contributed by atoms with Gasteiger partial charge in [-0.3, -0.25) is 4.40 Å². The molecule has 82 valence electrons. The SMILES string of the molecule is CC(C)(C)c1nnc2ccc3occc3n12. The maximum Gasteiger partial charge on any atom is 0.161 e. The minimum Gasteiger partial charge on any atom is -0.463 e. The van der Waals surface area contributed by atoms with Crippen molar-refractivity contribution in [2.75, 3.05) is 0 Å². The Bertz CT molecular complexity index is 658. The molecule has 4 heteroatoms. The fourth-order valence-corrected chi connectivity index (χ4v) is 1.90. The van der Waals surface area contributed by atoms with E-state index in [4.69, 9.17) is 4.42 Å². The third-order valence-electron chi connectivity index (χ3n) is 2.66. The number of aromatic nitrogens is 3. The maximum absolute atomic E-state index is 5.39. The summed E-state index contributed by atoms with van der Waals surface area (Å²) in [4.78, 5) is 0. The van der Waals surface area contributed by atoms with Gasteiger partial charge in [-0.1, -0.05) is 20.8 Å². The Morgan fingerprint density at radius 2 is 1.94 bits per heavy atom. The fourth-order valence-electron chi connectivity index (χ4n) is 1.90. The van der Waals surface area contributed by atoms with Crippen molar-refractivity contribution in [1.29, 1.82) is 0 Å². The second kappa shape index (κ2) is 2.84. The lowest BCUT2D eigenvalue weighted by Crippen LogP contribution is -2.16. The van der Waals surface area contributed by atoms with Crippen LogP contribution in [0.4, 0.5) is 0 Å². The lowest BCUT2D eigenvalue weighted by atomic mass is 9.96. The molecule has 0 saturated heterocycles. The van der Waals surface area contributed by atoms with Gasteiger partial charge in [0.25, 0.3) is 0 Å². The van der Waals surface area contributed by atoms with E-state index >= 15 is 0 Å². The summed E-state index contributed by atoms with van der Waals surface area (Å²) in [6, 6.07) is 5.79. The molecule has 0 unspecified atom stereocenters. The molecular formula is C12H13N3O. The molecule has 3 rings (SSSR count). The molecule has 4 nitrogen and oxygen atoms in total. The van der Waals surface area contributed by atoms with Crippen molar-refractivity contribution < 1.29 is 4.42 Å². The minimum absolute atomic E-state index is 0.0367. The molecule has 0 N–H and O–H groups in total. The third-order valence-corrected chi connectivity index (χ3v) is 2.66. The fraction of sp³-hybridized carbons (Fsp3) is 0.333. The molecule has 0 fully saturated rings. The molecule has 0 bridgehead atoms. The van der Waals surface area contributed by atoms with E-state index in [2.05, 4.69) is 35.4 Å². The molecule has 3 aromatic heterocycles. The van der Waals surface area contributed by atoms with Crippen molar-refractivity contribution >= 4 is 16.7 Å².